The summed E-state index contributed by atoms with van der Waals surface area (Å²) in [5, 5.41) is 21.6. The Kier molecular flexibility index (Phi) is 6.21. The van der Waals surface area contributed by atoms with Crippen molar-refractivity contribution in [2.45, 2.75) is 13.1 Å². The third kappa shape index (κ3) is 5.05. The van der Waals surface area contributed by atoms with E-state index in [-0.39, 0.29) is 0 Å². The van der Waals surface area contributed by atoms with Gasteiger partial charge >= 0.3 is 6.09 Å². The molecule has 1 amide bonds. The highest BCUT2D eigenvalue weighted by molar-refractivity contribution is 5.85. The Labute approximate surface area is 181 Å². The predicted molar refractivity (Wildman–Crippen MR) is 117 cm³/mol. The number of aryl methyl sites for hydroxylation is 1. The number of benzene rings is 1. The van der Waals surface area contributed by atoms with Gasteiger partial charge in [0.25, 0.3) is 0 Å². The third-order valence-electron chi connectivity index (χ3n) is 5.75. The minimum Gasteiger partial charge on any atom is -0.465 e. The van der Waals surface area contributed by atoms with E-state index >= 15 is 0 Å². The number of amides is 1. The van der Waals surface area contributed by atoms with Crippen LogP contribution in [0.1, 0.15) is 16.8 Å². The summed E-state index contributed by atoms with van der Waals surface area (Å²) in [5.41, 5.74) is 3.94. The summed E-state index contributed by atoms with van der Waals surface area (Å²) >= 11 is 0. The van der Waals surface area contributed by atoms with Crippen LogP contribution >= 0.6 is 0 Å². The van der Waals surface area contributed by atoms with E-state index in [1.807, 2.05) is 36.0 Å². The molecular formula is C22H27N7O2. The molecule has 2 aromatic heterocycles. The van der Waals surface area contributed by atoms with Crippen LogP contribution in [0, 0.1) is 11.3 Å². The van der Waals surface area contributed by atoms with E-state index in [4.69, 9.17) is 5.11 Å². The number of piperazine rings is 1. The zero-order chi connectivity index (χ0) is 21.8. The average Bonchev–Trinajstić information content (AvgIpc) is 3.32. The second-order valence-electron chi connectivity index (χ2n) is 8.01. The standard InChI is InChI=1S/C22H27N7O2/c1-26-14-19(25-16-26)15-29-13-18(20-3-2-17(11-23)10-21(20)29)12-28-8-6-27(7-9-28)5-4-24-22(30)31/h2-3,10,13-14,16,24H,4-9,12,15H2,1H3,(H,30,31). The maximum Gasteiger partial charge on any atom is 0.404 e. The van der Waals surface area contributed by atoms with Crippen molar-refractivity contribution >= 4 is 17.0 Å². The minimum absolute atomic E-state index is 0.456. The van der Waals surface area contributed by atoms with Crippen molar-refractivity contribution in [2.75, 3.05) is 39.3 Å². The zero-order valence-corrected chi connectivity index (χ0v) is 17.7. The van der Waals surface area contributed by atoms with Gasteiger partial charge in [0.2, 0.25) is 0 Å². The molecule has 1 aromatic carbocycles. The molecule has 3 heterocycles. The number of nitriles is 1. The Morgan fingerprint density at radius 2 is 1.97 bits per heavy atom. The molecule has 1 aliphatic heterocycles. The Hall–Kier alpha value is -3.35. The van der Waals surface area contributed by atoms with E-state index in [0.717, 1.165) is 50.5 Å². The third-order valence-corrected chi connectivity index (χ3v) is 5.75. The van der Waals surface area contributed by atoms with Gasteiger partial charge in [0.1, 0.15) is 0 Å². The van der Waals surface area contributed by atoms with Crippen molar-refractivity contribution in [1.29, 1.82) is 5.26 Å². The van der Waals surface area contributed by atoms with Crippen LogP contribution in [0.4, 0.5) is 4.79 Å². The number of hydrogen-bond acceptors (Lipinski definition) is 5. The van der Waals surface area contributed by atoms with Crippen molar-refractivity contribution < 1.29 is 9.90 Å². The van der Waals surface area contributed by atoms with E-state index in [9.17, 15) is 10.1 Å². The van der Waals surface area contributed by atoms with Crippen molar-refractivity contribution in [3.8, 4) is 6.07 Å². The summed E-state index contributed by atoms with van der Waals surface area (Å²) in [6.45, 7) is 6.43. The van der Waals surface area contributed by atoms with E-state index in [2.05, 4.69) is 36.9 Å². The Balaban J connectivity index is 1.46. The fraction of sp³-hybridized carbons (Fsp3) is 0.409. The van der Waals surface area contributed by atoms with Crippen LogP contribution in [-0.2, 0) is 20.1 Å². The van der Waals surface area contributed by atoms with E-state index in [1.54, 1.807) is 6.33 Å². The van der Waals surface area contributed by atoms with Crippen molar-refractivity contribution in [1.82, 2.24) is 29.2 Å². The van der Waals surface area contributed by atoms with E-state index in [0.29, 0.717) is 18.7 Å². The number of imidazole rings is 1. The lowest BCUT2D eigenvalue weighted by Crippen LogP contribution is -2.47. The fourth-order valence-corrected chi connectivity index (χ4v) is 4.15. The molecule has 1 saturated heterocycles. The molecule has 0 spiro atoms. The van der Waals surface area contributed by atoms with Crippen LogP contribution < -0.4 is 5.32 Å². The maximum atomic E-state index is 10.6. The largest absolute Gasteiger partial charge is 0.465 e. The minimum atomic E-state index is -0.972. The number of nitrogens with one attached hydrogen (secondary N) is 1. The lowest BCUT2D eigenvalue weighted by molar-refractivity contribution is 0.127. The van der Waals surface area contributed by atoms with Gasteiger partial charge in [-0.05, 0) is 17.7 Å². The maximum absolute atomic E-state index is 10.6. The molecule has 0 saturated carbocycles. The molecule has 162 valence electrons. The molecule has 1 aliphatic rings. The van der Waals surface area contributed by atoms with Crippen molar-refractivity contribution in [3.63, 3.8) is 0 Å². The number of fused-ring (bicyclic) bond motifs is 1. The number of nitrogens with zero attached hydrogens (tertiary/aromatic N) is 6. The fourth-order valence-electron chi connectivity index (χ4n) is 4.15. The molecule has 0 radical (unpaired) electrons. The number of carbonyl (C=O) groups is 1. The summed E-state index contributed by atoms with van der Waals surface area (Å²) in [5.74, 6) is 0. The Bertz CT molecular complexity index is 1100. The lowest BCUT2D eigenvalue weighted by atomic mass is 10.1. The lowest BCUT2D eigenvalue weighted by Gasteiger charge is -2.34. The van der Waals surface area contributed by atoms with Gasteiger partial charge in [-0.15, -0.1) is 0 Å². The first-order chi connectivity index (χ1) is 15.0. The van der Waals surface area contributed by atoms with Gasteiger partial charge in [0.05, 0.1) is 35.7 Å². The monoisotopic (exact) mass is 421 g/mol. The molecule has 2 N–H and O–H groups in total. The number of hydrogen-bond donors (Lipinski definition) is 2. The summed E-state index contributed by atoms with van der Waals surface area (Å²) in [6.07, 6.45) is 5.02. The van der Waals surface area contributed by atoms with Crippen LogP contribution in [0.25, 0.3) is 10.9 Å². The highest BCUT2D eigenvalue weighted by Gasteiger charge is 2.19. The zero-order valence-electron chi connectivity index (χ0n) is 17.7. The van der Waals surface area contributed by atoms with Crippen LogP contribution in [0.3, 0.4) is 0 Å². The van der Waals surface area contributed by atoms with Gasteiger partial charge in [0.15, 0.2) is 0 Å². The van der Waals surface area contributed by atoms with Gasteiger partial charge in [-0.3, -0.25) is 9.80 Å². The van der Waals surface area contributed by atoms with Gasteiger partial charge in [-0.2, -0.15) is 5.26 Å². The Morgan fingerprint density at radius 3 is 2.65 bits per heavy atom. The number of aromatic nitrogens is 3. The second-order valence-corrected chi connectivity index (χ2v) is 8.01. The molecule has 3 aromatic rings. The van der Waals surface area contributed by atoms with Crippen LogP contribution in [0.2, 0.25) is 0 Å². The van der Waals surface area contributed by atoms with Gasteiger partial charge in [0, 0.05) is 70.6 Å². The van der Waals surface area contributed by atoms with Gasteiger partial charge in [-0.1, -0.05) is 6.07 Å². The summed E-state index contributed by atoms with van der Waals surface area (Å²) in [7, 11) is 1.96. The first-order valence-corrected chi connectivity index (χ1v) is 10.4. The van der Waals surface area contributed by atoms with E-state index < -0.39 is 6.09 Å². The molecular weight excluding hydrogens is 394 g/mol. The topological polar surface area (TPSA) is 102 Å². The molecule has 0 atom stereocenters. The summed E-state index contributed by atoms with van der Waals surface area (Å²) in [6, 6.07) is 8.12. The molecule has 0 bridgehead atoms. The van der Waals surface area contributed by atoms with Crippen LogP contribution in [-0.4, -0.2) is 74.4 Å². The summed E-state index contributed by atoms with van der Waals surface area (Å²) < 4.78 is 4.12. The normalized spacial score (nSPS) is 15.2. The molecule has 4 rings (SSSR count). The average molecular weight is 422 g/mol. The van der Waals surface area contributed by atoms with E-state index in [1.165, 1.54) is 10.9 Å². The predicted octanol–water partition coefficient (Wildman–Crippen LogP) is 1.68. The smallest absolute Gasteiger partial charge is 0.404 e. The summed E-state index contributed by atoms with van der Waals surface area (Å²) in [4.78, 5) is 19.8. The van der Waals surface area contributed by atoms with Gasteiger partial charge in [-0.25, -0.2) is 9.78 Å². The Morgan fingerprint density at radius 1 is 1.19 bits per heavy atom. The first kappa shape index (κ1) is 20.9. The molecule has 0 unspecified atom stereocenters. The quantitative estimate of drug-likeness (QED) is 0.602. The van der Waals surface area contributed by atoms with Crippen LogP contribution in [0.15, 0.2) is 36.9 Å². The highest BCUT2D eigenvalue weighted by atomic mass is 16.4. The first-order valence-electron chi connectivity index (χ1n) is 10.4. The molecule has 31 heavy (non-hydrogen) atoms. The van der Waals surface area contributed by atoms with Crippen molar-refractivity contribution in [2.24, 2.45) is 7.05 Å². The van der Waals surface area contributed by atoms with Gasteiger partial charge < -0.3 is 19.6 Å². The molecule has 9 heteroatoms. The molecule has 1 fully saturated rings. The SMILES string of the molecule is Cn1cnc(Cn2cc(CN3CCN(CCNC(=O)O)CC3)c3ccc(C#N)cc32)c1. The second kappa shape index (κ2) is 9.20. The van der Waals surface area contributed by atoms with Crippen LogP contribution in [0.5, 0.6) is 0 Å². The molecule has 9 nitrogen and oxygen atoms in total. The van der Waals surface area contributed by atoms with Crippen molar-refractivity contribution in [3.05, 3.63) is 53.7 Å². The molecule has 0 aliphatic carbocycles. The number of rotatable bonds is 7. The number of carboxylic acid groups (broad SMARTS) is 1. The highest BCUT2D eigenvalue weighted by Crippen LogP contribution is 2.25.